The maximum atomic E-state index is 13.8. The van der Waals surface area contributed by atoms with Gasteiger partial charge in [0, 0.05) is 35.4 Å². The number of aliphatic hydroxyl groups is 1. The number of hydrogen-bond acceptors (Lipinski definition) is 2. The summed E-state index contributed by atoms with van der Waals surface area (Å²) in [5.74, 6) is -0.528. The molecule has 1 unspecified atom stereocenters. The van der Waals surface area contributed by atoms with E-state index in [1.54, 1.807) is 38.2 Å². The lowest BCUT2D eigenvalue weighted by Gasteiger charge is -2.38. The van der Waals surface area contributed by atoms with E-state index in [9.17, 15) is 22.7 Å². The summed E-state index contributed by atoms with van der Waals surface area (Å²) in [6.07, 6.45) is -3.03. The molecule has 0 aliphatic heterocycles. The van der Waals surface area contributed by atoms with Crippen LogP contribution in [0.15, 0.2) is 48.8 Å². The Kier molecular flexibility index (Phi) is 4.76. The van der Waals surface area contributed by atoms with Crippen LogP contribution in [0.1, 0.15) is 31.5 Å². The summed E-state index contributed by atoms with van der Waals surface area (Å²) in [4.78, 5) is 6.84. The van der Waals surface area contributed by atoms with Gasteiger partial charge in [-0.2, -0.15) is 13.2 Å². The molecule has 0 aliphatic carbocycles. The molecule has 7 heteroatoms. The molecule has 0 saturated carbocycles. The van der Waals surface area contributed by atoms with E-state index in [0.29, 0.717) is 16.5 Å². The average Bonchev–Trinajstić information content (AvgIpc) is 2.95. The number of nitrogens with one attached hydrogen (secondary N) is 1. The highest BCUT2D eigenvalue weighted by Gasteiger charge is 2.56. The summed E-state index contributed by atoms with van der Waals surface area (Å²) in [6, 6.07) is 8.65. The summed E-state index contributed by atoms with van der Waals surface area (Å²) < 4.78 is 55.0. The fourth-order valence-corrected chi connectivity index (χ4v) is 3.45. The fraction of sp³-hybridized carbons (Fsp3) is 0.350. The van der Waals surface area contributed by atoms with Crippen molar-refractivity contribution in [2.75, 3.05) is 0 Å². The first-order chi connectivity index (χ1) is 12.5. The first-order valence-corrected chi connectivity index (χ1v) is 8.47. The third kappa shape index (κ3) is 3.98. The summed E-state index contributed by atoms with van der Waals surface area (Å²) in [5.41, 5.74) is -2.77. The van der Waals surface area contributed by atoms with Gasteiger partial charge in [-0.15, -0.1) is 0 Å². The molecule has 0 spiro atoms. The molecule has 0 radical (unpaired) electrons. The van der Waals surface area contributed by atoms with Crippen molar-refractivity contribution in [2.45, 2.75) is 43.9 Å². The lowest BCUT2D eigenvalue weighted by atomic mass is 9.73. The lowest BCUT2D eigenvalue weighted by molar-refractivity contribution is -0.266. The average molecular weight is 380 g/mol. The van der Waals surface area contributed by atoms with Gasteiger partial charge in [0.25, 0.3) is 0 Å². The summed E-state index contributed by atoms with van der Waals surface area (Å²) in [5, 5.41) is 11.3. The molecule has 3 rings (SSSR count). The number of aromatic amines is 1. The SMILES string of the molecule is CC(C)(CC(O)(Cc1cc2cnccc2[nH]1)C(F)(F)F)c1cccc(F)c1. The van der Waals surface area contributed by atoms with Gasteiger partial charge in [-0.1, -0.05) is 26.0 Å². The van der Waals surface area contributed by atoms with Crippen molar-refractivity contribution in [3.05, 3.63) is 65.9 Å². The van der Waals surface area contributed by atoms with Crippen LogP contribution in [0.2, 0.25) is 0 Å². The number of nitrogens with zero attached hydrogens (tertiary/aromatic N) is 1. The number of halogens is 4. The molecule has 0 fully saturated rings. The standard InChI is InChI=1S/C20H20F4N2O/c1-18(2,14-4-3-5-15(21)9-14)12-19(27,20(22,23)24)10-16-8-13-11-25-7-6-17(13)26-16/h3-9,11,26-27H,10,12H2,1-2H3. The molecule has 1 atom stereocenters. The quantitative estimate of drug-likeness (QED) is 0.618. The number of fused-ring (bicyclic) bond motifs is 1. The molecule has 0 bridgehead atoms. The maximum absolute atomic E-state index is 13.8. The number of hydrogen-bond donors (Lipinski definition) is 2. The van der Waals surface area contributed by atoms with Crippen LogP contribution in [0.4, 0.5) is 17.6 Å². The van der Waals surface area contributed by atoms with Gasteiger partial charge in [0.15, 0.2) is 5.60 Å². The largest absolute Gasteiger partial charge is 0.417 e. The number of benzene rings is 1. The van der Waals surface area contributed by atoms with Crippen LogP contribution in [0.3, 0.4) is 0 Å². The smallest absolute Gasteiger partial charge is 0.380 e. The van der Waals surface area contributed by atoms with E-state index < -0.39 is 35.9 Å². The van der Waals surface area contributed by atoms with Crippen LogP contribution in [-0.4, -0.2) is 26.9 Å². The van der Waals surface area contributed by atoms with Crippen molar-refractivity contribution in [1.82, 2.24) is 9.97 Å². The summed E-state index contributed by atoms with van der Waals surface area (Å²) in [6.45, 7) is 3.13. The predicted octanol–water partition coefficient (Wildman–Crippen LogP) is 4.91. The van der Waals surface area contributed by atoms with E-state index >= 15 is 0 Å². The minimum Gasteiger partial charge on any atom is -0.380 e. The molecule has 2 N–H and O–H groups in total. The van der Waals surface area contributed by atoms with Gasteiger partial charge < -0.3 is 10.1 Å². The zero-order valence-electron chi connectivity index (χ0n) is 14.9. The number of alkyl halides is 3. The number of pyridine rings is 1. The Morgan fingerprint density at radius 1 is 1.11 bits per heavy atom. The topological polar surface area (TPSA) is 48.9 Å². The first kappa shape index (κ1) is 19.4. The van der Waals surface area contributed by atoms with Gasteiger partial charge >= 0.3 is 6.18 Å². The zero-order chi connectivity index (χ0) is 19.9. The second kappa shape index (κ2) is 6.64. The van der Waals surface area contributed by atoms with Crippen LogP contribution in [0, 0.1) is 5.82 Å². The maximum Gasteiger partial charge on any atom is 0.417 e. The van der Waals surface area contributed by atoms with Crippen molar-refractivity contribution in [1.29, 1.82) is 0 Å². The van der Waals surface area contributed by atoms with Crippen LogP contribution in [0.25, 0.3) is 10.9 Å². The number of rotatable bonds is 5. The lowest BCUT2D eigenvalue weighted by Crippen LogP contribution is -2.50. The van der Waals surface area contributed by atoms with Crippen molar-refractivity contribution >= 4 is 10.9 Å². The van der Waals surface area contributed by atoms with Crippen LogP contribution >= 0.6 is 0 Å². The third-order valence-electron chi connectivity index (χ3n) is 4.83. The van der Waals surface area contributed by atoms with E-state index in [1.165, 1.54) is 24.4 Å². The Bertz CT molecular complexity index is 915. The normalized spacial score (nSPS) is 15.1. The van der Waals surface area contributed by atoms with E-state index in [-0.39, 0.29) is 5.69 Å². The predicted molar refractivity (Wildman–Crippen MR) is 94.8 cm³/mol. The van der Waals surface area contributed by atoms with E-state index in [1.807, 2.05) is 0 Å². The van der Waals surface area contributed by atoms with E-state index in [4.69, 9.17) is 0 Å². The van der Waals surface area contributed by atoms with Gasteiger partial charge in [0.1, 0.15) is 5.82 Å². The van der Waals surface area contributed by atoms with Crippen molar-refractivity contribution in [3.63, 3.8) is 0 Å². The van der Waals surface area contributed by atoms with Crippen molar-refractivity contribution in [3.8, 4) is 0 Å². The zero-order valence-corrected chi connectivity index (χ0v) is 14.9. The van der Waals surface area contributed by atoms with Gasteiger partial charge in [-0.3, -0.25) is 4.98 Å². The fourth-order valence-electron chi connectivity index (χ4n) is 3.45. The Hall–Kier alpha value is -2.41. The van der Waals surface area contributed by atoms with Crippen molar-refractivity contribution in [2.24, 2.45) is 0 Å². The highest BCUT2D eigenvalue weighted by Crippen LogP contribution is 2.43. The molecular weight excluding hydrogens is 360 g/mol. The molecular formula is C20H20F4N2O. The minimum atomic E-state index is -4.85. The van der Waals surface area contributed by atoms with Gasteiger partial charge in [-0.25, -0.2) is 4.39 Å². The van der Waals surface area contributed by atoms with Gasteiger partial charge in [0.05, 0.1) is 0 Å². The molecule has 144 valence electrons. The molecule has 2 aromatic heterocycles. The second-order valence-corrected chi connectivity index (χ2v) is 7.53. The molecule has 0 saturated heterocycles. The van der Waals surface area contributed by atoms with Crippen molar-refractivity contribution < 1.29 is 22.7 Å². The van der Waals surface area contributed by atoms with Gasteiger partial charge in [-0.05, 0) is 41.7 Å². The monoisotopic (exact) mass is 380 g/mol. The first-order valence-electron chi connectivity index (χ1n) is 8.47. The van der Waals surface area contributed by atoms with Crippen LogP contribution < -0.4 is 0 Å². The van der Waals surface area contributed by atoms with E-state index in [0.717, 1.165) is 0 Å². The molecule has 1 aromatic carbocycles. The molecule has 0 aliphatic rings. The number of H-pyrrole nitrogens is 1. The molecule has 2 heterocycles. The molecule has 27 heavy (non-hydrogen) atoms. The Morgan fingerprint density at radius 2 is 1.85 bits per heavy atom. The Labute approximate surface area is 154 Å². The summed E-state index contributed by atoms with van der Waals surface area (Å²) in [7, 11) is 0. The molecule has 3 aromatic rings. The Balaban J connectivity index is 1.94. The van der Waals surface area contributed by atoms with Crippen LogP contribution in [-0.2, 0) is 11.8 Å². The minimum absolute atomic E-state index is 0.257. The Morgan fingerprint density at radius 3 is 2.48 bits per heavy atom. The third-order valence-corrected chi connectivity index (χ3v) is 4.83. The highest BCUT2D eigenvalue weighted by atomic mass is 19.4. The van der Waals surface area contributed by atoms with Crippen LogP contribution in [0.5, 0.6) is 0 Å². The van der Waals surface area contributed by atoms with Gasteiger partial charge in [0.2, 0.25) is 0 Å². The summed E-state index contributed by atoms with van der Waals surface area (Å²) >= 11 is 0. The van der Waals surface area contributed by atoms with E-state index in [2.05, 4.69) is 9.97 Å². The molecule has 3 nitrogen and oxygen atoms in total. The number of aromatic nitrogens is 2. The second-order valence-electron chi connectivity index (χ2n) is 7.53. The molecule has 0 amide bonds. The highest BCUT2D eigenvalue weighted by molar-refractivity contribution is 5.79.